The third-order valence-corrected chi connectivity index (χ3v) is 6.88. The van der Waals surface area contributed by atoms with Crippen molar-refractivity contribution in [3.63, 3.8) is 0 Å². The third kappa shape index (κ3) is 8.29. The predicted octanol–water partition coefficient (Wildman–Crippen LogP) is 3.59. The van der Waals surface area contributed by atoms with Crippen molar-refractivity contribution in [2.45, 2.75) is 30.7 Å². The number of esters is 1. The Kier molecular flexibility index (Phi) is 10.0. The lowest BCUT2D eigenvalue weighted by Gasteiger charge is -2.18. The van der Waals surface area contributed by atoms with Crippen LogP contribution in [-0.4, -0.2) is 45.0 Å². The maximum atomic E-state index is 12.8. The molecule has 0 saturated heterocycles. The molecule has 1 unspecified atom stereocenters. The van der Waals surface area contributed by atoms with Crippen molar-refractivity contribution < 1.29 is 22.7 Å². The predicted molar refractivity (Wildman–Crippen MR) is 127 cm³/mol. The summed E-state index contributed by atoms with van der Waals surface area (Å²) in [6.45, 7) is 2.07. The van der Waals surface area contributed by atoms with Gasteiger partial charge in [0.25, 0.3) is 0 Å². The quantitative estimate of drug-likeness (QED) is 0.432. The van der Waals surface area contributed by atoms with E-state index in [0.29, 0.717) is 24.5 Å². The van der Waals surface area contributed by atoms with Gasteiger partial charge in [0, 0.05) is 10.2 Å². The first kappa shape index (κ1) is 25.4. The molecular formula is C21H25BrN2O5S2. The van der Waals surface area contributed by atoms with Gasteiger partial charge in [-0.25, -0.2) is 8.42 Å². The highest BCUT2D eigenvalue weighted by Crippen LogP contribution is 2.17. The lowest BCUT2D eigenvalue weighted by Crippen LogP contribution is -2.44. The largest absolute Gasteiger partial charge is 0.466 e. The summed E-state index contributed by atoms with van der Waals surface area (Å²) in [5, 5.41) is 2.74. The number of anilines is 1. The zero-order valence-electron chi connectivity index (χ0n) is 17.3. The van der Waals surface area contributed by atoms with Crippen molar-refractivity contribution in [1.82, 2.24) is 4.72 Å². The molecule has 10 heteroatoms. The Labute approximate surface area is 195 Å². The lowest BCUT2D eigenvalue weighted by atomic mass is 10.1. The van der Waals surface area contributed by atoms with Gasteiger partial charge in [-0.1, -0.05) is 28.1 Å². The van der Waals surface area contributed by atoms with Crippen molar-refractivity contribution in [2.75, 3.05) is 23.9 Å². The van der Waals surface area contributed by atoms with Crippen LogP contribution in [0.2, 0.25) is 0 Å². The molecule has 2 N–H and O–H groups in total. The summed E-state index contributed by atoms with van der Waals surface area (Å²) in [4.78, 5) is 24.5. The molecule has 0 aliphatic carbocycles. The minimum Gasteiger partial charge on any atom is -0.466 e. The second kappa shape index (κ2) is 12.2. The van der Waals surface area contributed by atoms with E-state index < -0.39 is 22.0 Å². The average molecular weight is 529 g/mol. The highest BCUT2D eigenvalue weighted by Gasteiger charge is 2.25. The molecule has 0 bridgehead atoms. The standard InChI is InChI=1S/C21H25BrN2O5S2/c1-3-29-20(25)14-15-4-8-17(9-5-15)23-21(26)19(12-13-30-2)24-31(27,28)18-10-6-16(22)7-11-18/h4-11,19,24H,3,12-14H2,1-2H3,(H,23,26). The minimum atomic E-state index is -3.86. The van der Waals surface area contributed by atoms with Crippen LogP contribution in [0.1, 0.15) is 18.9 Å². The van der Waals surface area contributed by atoms with E-state index in [1.165, 1.54) is 23.9 Å². The Morgan fingerprint density at radius 1 is 1.10 bits per heavy atom. The third-order valence-electron chi connectivity index (χ3n) is 4.22. The first-order valence-corrected chi connectivity index (χ1v) is 13.2. The molecule has 0 fully saturated rings. The molecular weight excluding hydrogens is 504 g/mol. The lowest BCUT2D eigenvalue weighted by molar-refractivity contribution is -0.142. The van der Waals surface area contributed by atoms with E-state index in [9.17, 15) is 18.0 Å². The van der Waals surface area contributed by atoms with Gasteiger partial charge in [-0.05, 0) is 67.3 Å². The summed E-state index contributed by atoms with van der Waals surface area (Å²) in [5.41, 5.74) is 1.26. The van der Waals surface area contributed by atoms with E-state index in [2.05, 4.69) is 26.0 Å². The smallest absolute Gasteiger partial charge is 0.310 e. The monoisotopic (exact) mass is 528 g/mol. The maximum Gasteiger partial charge on any atom is 0.310 e. The molecule has 0 radical (unpaired) electrons. The van der Waals surface area contributed by atoms with E-state index in [1.807, 2.05) is 6.26 Å². The molecule has 1 atom stereocenters. The van der Waals surface area contributed by atoms with E-state index in [0.717, 1.165) is 10.0 Å². The molecule has 0 aromatic heterocycles. The number of hydrogen-bond acceptors (Lipinski definition) is 6. The average Bonchev–Trinajstić information content (AvgIpc) is 2.73. The topological polar surface area (TPSA) is 102 Å². The summed E-state index contributed by atoms with van der Waals surface area (Å²) in [5.74, 6) is -0.161. The van der Waals surface area contributed by atoms with E-state index in [-0.39, 0.29) is 17.3 Å². The molecule has 31 heavy (non-hydrogen) atoms. The zero-order chi connectivity index (χ0) is 22.9. The number of sulfonamides is 1. The van der Waals surface area contributed by atoms with Crippen molar-refractivity contribution in [1.29, 1.82) is 0 Å². The molecule has 0 aliphatic rings. The molecule has 2 aromatic rings. The fourth-order valence-corrected chi connectivity index (χ4v) is 4.63. The first-order valence-electron chi connectivity index (χ1n) is 9.57. The maximum absolute atomic E-state index is 12.8. The van der Waals surface area contributed by atoms with Gasteiger partial charge in [0.1, 0.15) is 6.04 Å². The van der Waals surface area contributed by atoms with Crippen LogP contribution < -0.4 is 10.0 Å². The summed E-state index contributed by atoms with van der Waals surface area (Å²) in [7, 11) is -3.86. The van der Waals surface area contributed by atoms with Crippen LogP contribution in [0.5, 0.6) is 0 Å². The van der Waals surface area contributed by atoms with Gasteiger partial charge in [0.05, 0.1) is 17.9 Å². The van der Waals surface area contributed by atoms with Crippen molar-refractivity contribution >= 4 is 55.3 Å². The highest BCUT2D eigenvalue weighted by atomic mass is 79.9. The number of benzene rings is 2. The molecule has 2 aromatic carbocycles. The summed E-state index contributed by atoms with van der Waals surface area (Å²) < 4.78 is 33.6. The fraction of sp³-hybridized carbons (Fsp3) is 0.333. The number of thioether (sulfide) groups is 1. The SMILES string of the molecule is CCOC(=O)Cc1ccc(NC(=O)C(CCSC)NS(=O)(=O)c2ccc(Br)cc2)cc1. The van der Waals surface area contributed by atoms with Crippen LogP contribution in [0.3, 0.4) is 0 Å². The summed E-state index contributed by atoms with van der Waals surface area (Å²) >= 11 is 4.80. The van der Waals surface area contributed by atoms with Gasteiger partial charge in [-0.3, -0.25) is 9.59 Å². The van der Waals surface area contributed by atoms with Gasteiger partial charge in [0.15, 0.2) is 0 Å². The Hall–Kier alpha value is -1.88. The van der Waals surface area contributed by atoms with E-state index in [1.54, 1.807) is 43.3 Å². The first-order chi connectivity index (χ1) is 14.7. The molecule has 7 nitrogen and oxygen atoms in total. The van der Waals surface area contributed by atoms with Crippen LogP contribution in [0.25, 0.3) is 0 Å². The number of amides is 1. The molecule has 0 heterocycles. The Morgan fingerprint density at radius 3 is 2.32 bits per heavy atom. The molecule has 2 rings (SSSR count). The number of carbonyl (C=O) groups excluding carboxylic acids is 2. The number of ether oxygens (including phenoxy) is 1. The number of hydrogen-bond donors (Lipinski definition) is 2. The molecule has 0 saturated carbocycles. The second-order valence-electron chi connectivity index (χ2n) is 6.58. The molecule has 0 aliphatic heterocycles. The van der Waals surface area contributed by atoms with Crippen LogP contribution in [0.4, 0.5) is 5.69 Å². The molecule has 168 valence electrons. The summed E-state index contributed by atoms with van der Waals surface area (Å²) in [6.07, 6.45) is 2.37. The molecule has 1 amide bonds. The van der Waals surface area contributed by atoms with Crippen LogP contribution >= 0.6 is 27.7 Å². The van der Waals surface area contributed by atoms with Gasteiger partial charge >= 0.3 is 5.97 Å². The number of carbonyl (C=O) groups is 2. The van der Waals surface area contributed by atoms with Crippen molar-refractivity contribution in [3.8, 4) is 0 Å². The second-order valence-corrected chi connectivity index (χ2v) is 10.2. The van der Waals surface area contributed by atoms with Gasteiger partial charge in [-0.15, -0.1) is 0 Å². The van der Waals surface area contributed by atoms with Gasteiger partial charge in [0.2, 0.25) is 15.9 Å². The fourth-order valence-electron chi connectivity index (χ4n) is 2.66. The molecule has 0 spiro atoms. The van der Waals surface area contributed by atoms with Crippen LogP contribution in [-0.2, 0) is 30.8 Å². The van der Waals surface area contributed by atoms with Crippen LogP contribution in [0, 0.1) is 0 Å². The zero-order valence-corrected chi connectivity index (χ0v) is 20.5. The van der Waals surface area contributed by atoms with E-state index >= 15 is 0 Å². The Balaban J connectivity index is 2.08. The van der Waals surface area contributed by atoms with Gasteiger partial charge < -0.3 is 10.1 Å². The number of nitrogens with one attached hydrogen (secondary N) is 2. The Morgan fingerprint density at radius 2 is 1.74 bits per heavy atom. The van der Waals surface area contributed by atoms with Gasteiger partial charge in [-0.2, -0.15) is 16.5 Å². The minimum absolute atomic E-state index is 0.0842. The van der Waals surface area contributed by atoms with Crippen LogP contribution in [0.15, 0.2) is 57.9 Å². The number of rotatable bonds is 11. The normalized spacial score (nSPS) is 12.2. The van der Waals surface area contributed by atoms with E-state index in [4.69, 9.17) is 4.74 Å². The number of halogens is 1. The summed E-state index contributed by atoms with van der Waals surface area (Å²) in [6, 6.07) is 12.0. The van der Waals surface area contributed by atoms with Crippen molar-refractivity contribution in [3.05, 3.63) is 58.6 Å². The highest BCUT2D eigenvalue weighted by molar-refractivity contribution is 9.10. The van der Waals surface area contributed by atoms with Crippen molar-refractivity contribution in [2.24, 2.45) is 0 Å². The Bertz CT molecular complexity index is 980.